The molecule has 5 amide bonds. The SMILES string of the molecule is COc1ccc2[nH]cc(CC(NC(=O)C3CCCC(N)C3)C(=O)NC(Cc3ccc(-c4ccccc4OC)cc3)C(=O)NC(CCCCNC(=N)N)C(=O)NCC(=O)Nc3ccc(N4CC5(COC5)C4)cc3)c2c1. The number of rotatable bonds is 23. The smallest absolute Gasteiger partial charge is 0.243 e. The van der Waals surface area contributed by atoms with Gasteiger partial charge in [-0.2, -0.15) is 0 Å². The number of nitrogens with zero attached hydrogens (tertiary/aromatic N) is 1. The molecular formula is C55H69N11O8. The van der Waals surface area contributed by atoms with E-state index >= 15 is 0 Å². The Morgan fingerprint density at radius 3 is 2.24 bits per heavy atom. The van der Waals surface area contributed by atoms with E-state index in [1.54, 1.807) is 20.4 Å². The third-order valence-corrected chi connectivity index (χ3v) is 14.2. The number of fused-ring (bicyclic) bond motifs is 1. The molecule has 0 bridgehead atoms. The number of carbonyl (C=O) groups excluding carboxylic acids is 5. The number of para-hydroxylation sites is 1. The van der Waals surface area contributed by atoms with Gasteiger partial charge < -0.3 is 67.5 Å². The molecule has 1 saturated carbocycles. The van der Waals surface area contributed by atoms with Crippen molar-refractivity contribution >= 4 is 57.8 Å². The van der Waals surface area contributed by atoms with Crippen LogP contribution in [0.2, 0.25) is 0 Å². The van der Waals surface area contributed by atoms with Gasteiger partial charge in [-0.05, 0) is 104 Å². The number of nitrogens with two attached hydrogens (primary N) is 2. The average molecular weight is 1010 g/mol. The third-order valence-electron chi connectivity index (χ3n) is 14.2. The van der Waals surface area contributed by atoms with Crippen LogP contribution in [0.5, 0.6) is 11.5 Å². The van der Waals surface area contributed by atoms with Crippen LogP contribution in [0.3, 0.4) is 0 Å². The first kappa shape index (κ1) is 52.7. The van der Waals surface area contributed by atoms with Gasteiger partial charge in [0.15, 0.2) is 5.96 Å². The Morgan fingerprint density at radius 1 is 0.824 bits per heavy atom. The molecule has 1 aliphatic carbocycles. The summed E-state index contributed by atoms with van der Waals surface area (Å²) in [6.45, 7) is 3.41. The van der Waals surface area contributed by atoms with Gasteiger partial charge in [-0.15, -0.1) is 0 Å². The predicted octanol–water partition coefficient (Wildman–Crippen LogP) is 3.85. The quantitative estimate of drug-likeness (QED) is 0.0254. The topological polar surface area (TPSA) is 280 Å². The number of H-pyrrole nitrogens is 1. The molecule has 4 aromatic carbocycles. The molecule has 19 nitrogen and oxygen atoms in total. The van der Waals surface area contributed by atoms with Crippen molar-refractivity contribution in [1.82, 2.24) is 31.6 Å². The van der Waals surface area contributed by atoms with Gasteiger partial charge in [-0.25, -0.2) is 0 Å². The molecule has 392 valence electrons. The summed E-state index contributed by atoms with van der Waals surface area (Å²) >= 11 is 0. The van der Waals surface area contributed by atoms with Crippen molar-refractivity contribution in [3.05, 3.63) is 108 Å². The normalized spacial score (nSPS) is 17.9. The number of anilines is 2. The number of hydrogen-bond acceptors (Lipinski definition) is 11. The van der Waals surface area contributed by atoms with Gasteiger partial charge >= 0.3 is 0 Å². The largest absolute Gasteiger partial charge is 0.497 e. The van der Waals surface area contributed by atoms with Crippen LogP contribution < -0.4 is 57.7 Å². The van der Waals surface area contributed by atoms with E-state index in [1.165, 1.54) is 0 Å². The lowest BCUT2D eigenvalue weighted by Crippen LogP contribution is -2.66. The van der Waals surface area contributed by atoms with E-state index in [0.717, 1.165) is 72.4 Å². The summed E-state index contributed by atoms with van der Waals surface area (Å²) in [6, 6.07) is 24.6. The van der Waals surface area contributed by atoms with Gasteiger partial charge in [-0.1, -0.05) is 48.9 Å². The molecule has 5 unspecified atom stereocenters. The van der Waals surface area contributed by atoms with Gasteiger partial charge in [0.2, 0.25) is 29.5 Å². The van der Waals surface area contributed by atoms with Crippen LogP contribution in [0, 0.1) is 16.7 Å². The Labute approximate surface area is 431 Å². The van der Waals surface area contributed by atoms with E-state index in [-0.39, 0.29) is 49.1 Å². The van der Waals surface area contributed by atoms with Gasteiger partial charge in [0, 0.05) is 78.5 Å². The molecule has 5 atom stereocenters. The molecule has 19 heteroatoms. The van der Waals surface area contributed by atoms with Crippen LogP contribution in [0.4, 0.5) is 11.4 Å². The first-order valence-corrected chi connectivity index (χ1v) is 25.4. The van der Waals surface area contributed by atoms with Crippen LogP contribution in [0.15, 0.2) is 97.2 Å². The lowest BCUT2D eigenvalue weighted by Gasteiger charge is -2.56. The highest BCUT2D eigenvalue weighted by Gasteiger charge is 2.49. The van der Waals surface area contributed by atoms with Crippen LogP contribution in [0.1, 0.15) is 56.1 Å². The second kappa shape index (κ2) is 24.4. The fourth-order valence-electron chi connectivity index (χ4n) is 10.1. The number of hydrogen-bond donors (Lipinski definition) is 10. The number of methoxy groups -OCH3 is 2. The fraction of sp³-hybridized carbons (Fsp3) is 0.418. The van der Waals surface area contributed by atoms with Crippen LogP contribution in [-0.2, 0) is 41.6 Å². The minimum atomic E-state index is -1.24. The number of benzene rings is 4. The number of amides is 5. The zero-order valence-electron chi connectivity index (χ0n) is 42.1. The van der Waals surface area contributed by atoms with E-state index < -0.39 is 47.7 Å². The van der Waals surface area contributed by atoms with Gasteiger partial charge in [0.25, 0.3) is 0 Å². The summed E-state index contributed by atoms with van der Waals surface area (Å²) in [7, 11) is 3.18. The van der Waals surface area contributed by atoms with E-state index in [1.807, 2.05) is 91.0 Å². The molecule has 0 radical (unpaired) electrons. The molecular weight excluding hydrogens is 943 g/mol. The molecule has 12 N–H and O–H groups in total. The summed E-state index contributed by atoms with van der Waals surface area (Å²) in [5.74, 6) is -1.91. The van der Waals surface area contributed by atoms with E-state index in [2.05, 4.69) is 41.8 Å². The molecule has 1 aromatic heterocycles. The number of aromatic nitrogens is 1. The van der Waals surface area contributed by atoms with Gasteiger partial charge in [-0.3, -0.25) is 29.4 Å². The standard InChI is InChI=1S/C55H69N11O8/c1-72-41-21-22-44-43(27-41)37(28-60-44)26-47(64-50(68)36-8-7-9-38(56)25-36)53(71)65-46(24-34-13-15-35(16-14-34)42-10-3-4-12-48(42)73-2)52(70)63-45(11-5-6-23-59-54(57)58)51(69)61-29-49(67)62-39-17-19-40(20-18-39)66-30-55(31-66)32-74-33-55/h3-4,10,12-22,27-28,36,38,45-47,60H,5-9,11,23-26,29-33,56H2,1-2H3,(H,61,69)(H,62,67)(H,63,70)(H,64,68)(H,65,71)(H4,57,58,59). The Balaban J connectivity index is 1.01. The van der Waals surface area contributed by atoms with Crippen LogP contribution in [0.25, 0.3) is 22.0 Å². The molecule has 2 aliphatic heterocycles. The van der Waals surface area contributed by atoms with Gasteiger partial charge in [0.1, 0.15) is 29.6 Å². The maximum Gasteiger partial charge on any atom is 0.243 e. The summed E-state index contributed by atoms with van der Waals surface area (Å²) in [6.07, 6.45) is 5.69. The maximum atomic E-state index is 14.8. The average Bonchev–Trinajstić information content (AvgIpc) is 3.78. The zero-order valence-corrected chi connectivity index (χ0v) is 42.1. The Bertz CT molecular complexity index is 2770. The monoisotopic (exact) mass is 1010 g/mol. The van der Waals surface area contributed by atoms with Gasteiger partial charge in [0.05, 0.1) is 39.4 Å². The molecule has 1 spiro atoms. The molecule has 3 heterocycles. The number of ether oxygens (including phenoxy) is 3. The number of unbranched alkanes of at least 4 members (excludes halogenated alkanes) is 1. The Morgan fingerprint density at radius 2 is 1.55 bits per heavy atom. The minimum Gasteiger partial charge on any atom is -0.497 e. The van der Waals surface area contributed by atoms with Crippen molar-refractivity contribution in [1.29, 1.82) is 5.41 Å². The second-order valence-corrected chi connectivity index (χ2v) is 19.8. The Hall–Kier alpha value is -7.64. The Kier molecular flexibility index (Phi) is 17.4. The summed E-state index contributed by atoms with van der Waals surface area (Å²) in [4.78, 5) is 76.4. The van der Waals surface area contributed by atoms with E-state index in [9.17, 15) is 24.0 Å². The molecule has 3 aliphatic rings. The van der Waals surface area contributed by atoms with E-state index in [4.69, 9.17) is 31.1 Å². The number of aromatic amines is 1. The van der Waals surface area contributed by atoms with Crippen molar-refractivity contribution in [3.8, 4) is 22.6 Å². The van der Waals surface area contributed by atoms with Crippen molar-refractivity contribution < 1.29 is 38.2 Å². The lowest BCUT2D eigenvalue weighted by atomic mass is 9.78. The second-order valence-electron chi connectivity index (χ2n) is 19.8. The van der Waals surface area contributed by atoms with Crippen molar-refractivity contribution in [2.45, 2.75) is 82.0 Å². The highest BCUT2D eigenvalue weighted by atomic mass is 16.5. The summed E-state index contributed by atoms with van der Waals surface area (Å²) < 4.78 is 16.5. The summed E-state index contributed by atoms with van der Waals surface area (Å²) in [5, 5.41) is 25.5. The maximum absolute atomic E-state index is 14.8. The zero-order chi connectivity index (χ0) is 52.2. The molecule has 8 rings (SSSR count). The highest BCUT2D eigenvalue weighted by molar-refractivity contribution is 5.98. The van der Waals surface area contributed by atoms with Crippen molar-refractivity contribution in [2.75, 3.05) is 63.8 Å². The highest BCUT2D eigenvalue weighted by Crippen LogP contribution is 2.40. The summed E-state index contributed by atoms with van der Waals surface area (Å²) in [5.41, 5.74) is 17.7. The van der Waals surface area contributed by atoms with E-state index in [0.29, 0.717) is 55.0 Å². The molecule has 74 heavy (non-hydrogen) atoms. The minimum absolute atomic E-state index is 0.0112. The first-order chi connectivity index (χ1) is 35.8. The third kappa shape index (κ3) is 13.5. The molecule has 2 saturated heterocycles. The number of carbonyl (C=O) groups is 5. The number of guanidine groups is 1. The van der Waals surface area contributed by atoms with Crippen molar-refractivity contribution in [2.24, 2.45) is 22.8 Å². The van der Waals surface area contributed by atoms with Crippen LogP contribution in [-0.4, -0.2) is 118 Å². The fourth-order valence-corrected chi connectivity index (χ4v) is 10.1. The molecule has 5 aromatic rings. The first-order valence-electron chi connectivity index (χ1n) is 25.4. The lowest BCUT2D eigenvalue weighted by molar-refractivity contribution is -0.134. The predicted molar refractivity (Wildman–Crippen MR) is 284 cm³/mol. The number of nitrogens with one attached hydrogen (secondary N) is 8. The molecule has 3 fully saturated rings. The van der Waals surface area contributed by atoms with Crippen molar-refractivity contribution in [3.63, 3.8) is 0 Å². The van der Waals surface area contributed by atoms with Crippen LogP contribution >= 0.6 is 0 Å².